The second-order valence-corrected chi connectivity index (χ2v) is 9.05. The van der Waals surface area contributed by atoms with Gasteiger partial charge in [0.15, 0.2) is 16.7 Å². The first-order valence-electron chi connectivity index (χ1n) is 11.9. The predicted molar refractivity (Wildman–Crippen MR) is 135 cm³/mol. The Labute approximate surface area is 218 Å². The molecule has 0 unspecified atom stereocenters. The van der Waals surface area contributed by atoms with Crippen molar-refractivity contribution in [2.75, 3.05) is 49.6 Å². The summed E-state index contributed by atoms with van der Waals surface area (Å²) < 4.78 is 40.6. The number of carbonyl (C=O) groups excluding carboxylic acids is 2. The Hall–Kier alpha value is -3.45. The van der Waals surface area contributed by atoms with Crippen molar-refractivity contribution in [2.24, 2.45) is 0 Å². The van der Waals surface area contributed by atoms with Crippen LogP contribution in [0.5, 0.6) is 0 Å². The molecule has 0 saturated carbocycles. The number of hydrogen-bond donors (Lipinski definition) is 1. The van der Waals surface area contributed by atoms with Gasteiger partial charge in [0.1, 0.15) is 17.6 Å². The van der Waals surface area contributed by atoms with E-state index < -0.39 is 23.8 Å². The Morgan fingerprint density at radius 1 is 1.19 bits per heavy atom. The van der Waals surface area contributed by atoms with Gasteiger partial charge in [-0.1, -0.05) is 0 Å². The molecule has 4 rings (SSSR count). The number of thiocarbonyl (C=S) groups is 1. The lowest BCUT2D eigenvalue weighted by Crippen LogP contribution is -2.43. The maximum absolute atomic E-state index is 15.2. The summed E-state index contributed by atoms with van der Waals surface area (Å²) in [5, 5.41) is 1.86. The Morgan fingerprint density at radius 3 is 2.62 bits per heavy atom. The van der Waals surface area contributed by atoms with Crippen LogP contribution in [0, 0.1) is 11.6 Å². The summed E-state index contributed by atoms with van der Waals surface area (Å²) in [6.07, 6.45) is 3.59. The molecule has 198 valence electrons. The number of hydrazine groups is 1. The lowest BCUT2D eigenvalue weighted by Gasteiger charge is -2.25. The molecule has 3 heterocycles. The third-order valence-electron chi connectivity index (χ3n) is 6.16. The molecule has 2 aliphatic rings. The average Bonchev–Trinajstić information content (AvgIpc) is 3.10. The molecule has 0 aliphatic carbocycles. The first-order valence-corrected chi connectivity index (χ1v) is 12.3. The number of amides is 2. The van der Waals surface area contributed by atoms with E-state index in [0.717, 1.165) is 12.1 Å². The van der Waals surface area contributed by atoms with Crippen LogP contribution in [0.4, 0.5) is 25.0 Å². The number of halogens is 2. The number of ether oxygens (including phenoxy) is 2. The van der Waals surface area contributed by atoms with Gasteiger partial charge in [-0.15, -0.1) is 0 Å². The van der Waals surface area contributed by atoms with Gasteiger partial charge in [-0.2, -0.15) is 0 Å². The molecule has 2 aliphatic heterocycles. The van der Waals surface area contributed by atoms with Crippen molar-refractivity contribution in [1.82, 2.24) is 20.4 Å². The number of rotatable bonds is 8. The summed E-state index contributed by atoms with van der Waals surface area (Å²) in [6.45, 7) is 1.21. The van der Waals surface area contributed by atoms with E-state index in [-0.39, 0.29) is 49.9 Å². The number of cyclic esters (lactones) is 1. The minimum Gasteiger partial charge on any atom is -0.490 e. The molecule has 0 spiro atoms. The highest BCUT2D eigenvalue weighted by Crippen LogP contribution is 2.31. The summed E-state index contributed by atoms with van der Waals surface area (Å²) in [6, 6.07) is 3.96. The Balaban J connectivity index is 1.37. The maximum atomic E-state index is 15.2. The lowest BCUT2D eigenvalue weighted by atomic mass is 10.2. The topological polar surface area (TPSA) is 100 Å². The summed E-state index contributed by atoms with van der Waals surface area (Å²) in [4.78, 5) is 35.9. The highest BCUT2D eigenvalue weighted by molar-refractivity contribution is 7.80. The summed E-state index contributed by atoms with van der Waals surface area (Å²) in [5.41, 5.74) is 2.89. The number of nitrogens with zero attached hydrogens (tertiary/aromatic N) is 5. The van der Waals surface area contributed by atoms with Gasteiger partial charge in [-0.3, -0.25) is 14.7 Å². The molecule has 0 bridgehead atoms. The van der Waals surface area contributed by atoms with Crippen molar-refractivity contribution >= 4 is 40.6 Å². The van der Waals surface area contributed by atoms with E-state index in [1.165, 1.54) is 17.0 Å². The van der Waals surface area contributed by atoms with Crippen LogP contribution in [0.25, 0.3) is 0 Å². The zero-order valence-corrected chi connectivity index (χ0v) is 21.2. The number of hydrogen-bond acceptors (Lipinski definition) is 9. The van der Waals surface area contributed by atoms with Crippen LogP contribution in [0.3, 0.4) is 0 Å². The number of aryl methyl sites for hydroxylation is 1. The number of aromatic nitrogens is 2. The van der Waals surface area contributed by atoms with Crippen molar-refractivity contribution < 1.29 is 27.8 Å². The second-order valence-electron chi connectivity index (χ2n) is 8.59. The van der Waals surface area contributed by atoms with Crippen LogP contribution in [0.15, 0.2) is 30.6 Å². The highest BCUT2D eigenvalue weighted by Gasteiger charge is 2.34. The number of benzene rings is 1. The first-order chi connectivity index (χ1) is 17.9. The smallest absolute Gasteiger partial charge is 0.414 e. The minimum atomic E-state index is -0.798. The van der Waals surface area contributed by atoms with E-state index in [1.807, 2.05) is 0 Å². The third kappa shape index (κ3) is 6.66. The molecule has 10 nitrogen and oxygen atoms in total. The van der Waals surface area contributed by atoms with Gasteiger partial charge < -0.3 is 14.4 Å². The SMILES string of the molecule is COC(=S)CC[C@H]1CN(c2cc(F)c(N3CCNN(C(=O)CCc4ncccn4)CC3)c(F)c2)C(=O)O1. The van der Waals surface area contributed by atoms with Crippen LogP contribution < -0.4 is 15.2 Å². The van der Waals surface area contributed by atoms with Crippen molar-refractivity contribution in [3.8, 4) is 0 Å². The monoisotopic (exact) mass is 534 g/mol. The highest BCUT2D eigenvalue weighted by atomic mass is 32.1. The van der Waals surface area contributed by atoms with Gasteiger partial charge in [0.05, 0.1) is 25.9 Å². The van der Waals surface area contributed by atoms with Crippen LogP contribution in [0.2, 0.25) is 0 Å². The zero-order valence-electron chi connectivity index (χ0n) is 20.4. The second kappa shape index (κ2) is 12.2. The largest absolute Gasteiger partial charge is 0.490 e. The molecule has 1 aromatic carbocycles. The Kier molecular flexibility index (Phi) is 8.77. The van der Waals surface area contributed by atoms with Gasteiger partial charge in [0, 0.05) is 63.4 Å². The minimum absolute atomic E-state index is 0.0773. The number of methoxy groups -OCH3 is 1. The summed E-state index contributed by atoms with van der Waals surface area (Å²) in [7, 11) is 1.47. The summed E-state index contributed by atoms with van der Waals surface area (Å²) in [5.74, 6) is -1.18. The van der Waals surface area contributed by atoms with Crippen LogP contribution in [-0.2, 0) is 20.7 Å². The van der Waals surface area contributed by atoms with Gasteiger partial charge >= 0.3 is 6.09 Å². The van der Waals surface area contributed by atoms with E-state index in [9.17, 15) is 9.59 Å². The van der Waals surface area contributed by atoms with Gasteiger partial charge in [-0.05, 0) is 24.7 Å². The average molecular weight is 535 g/mol. The van der Waals surface area contributed by atoms with Crippen LogP contribution >= 0.6 is 12.2 Å². The summed E-state index contributed by atoms with van der Waals surface area (Å²) >= 11 is 5.01. The van der Waals surface area contributed by atoms with E-state index in [2.05, 4.69) is 15.4 Å². The number of anilines is 2. The fourth-order valence-electron chi connectivity index (χ4n) is 4.25. The molecule has 13 heteroatoms. The van der Waals surface area contributed by atoms with Gasteiger partial charge in [0.25, 0.3) is 0 Å². The fourth-order valence-corrected chi connectivity index (χ4v) is 4.37. The first kappa shape index (κ1) is 26.6. The van der Waals surface area contributed by atoms with E-state index in [0.29, 0.717) is 36.7 Å². The zero-order chi connectivity index (χ0) is 26.4. The van der Waals surface area contributed by atoms with E-state index in [4.69, 9.17) is 21.7 Å². The van der Waals surface area contributed by atoms with Gasteiger partial charge in [0.2, 0.25) is 5.91 Å². The maximum Gasteiger partial charge on any atom is 0.414 e. The molecular formula is C24H28F2N6O4S. The molecule has 1 atom stereocenters. The van der Waals surface area contributed by atoms with Gasteiger partial charge in [-0.25, -0.2) is 29.0 Å². The number of nitrogens with one attached hydrogen (secondary N) is 1. The molecule has 2 amide bonds. The molecule has 0 radical (unpaired) electrons. The Bertz CT molecular complexity index is 1120. The Morgan fingerprint density at radius 2 is 1.92 bits per heavy atom. The quantitative estimate of drug-likeness (QED) is 0.513. The standard InChI is InChI=1S/C24H28F2N6O4S/c1-35-22(37)6-3-17-15-31(24(34)36-17)16-13-18(25)23(19(26)14-16)30-10-9-29-32(12-11-30)21(33)5-4-20-27-7-2-8-28-20/h2,7-8,13-14,17,29H,3-6,9-12,15H2,1H3/t17-/m0/s1. The third-order valence-corrected chi connectivity index (χ3v) is 6.53. The van der Waals surface area contributed by atoms with Crippen LogP contribution in [-0.4, -0.2) is 78.0 Å². The molecule has 2 saturated heterocycles. The lowest BCUT2D eigenvalue weighted by molar-refractivity contribution is -0.133. The molecule has 37 heavy (non-hydrogen) atoms. The van der Waals surface area contributed by atoms with Crippen molar-refractivity contribution in [3.63, 3.8) is 0 Å². The van der Waals surface area contributed by atoms with Crippen molar-refractivity contribution in [2.45, 2.75) is 31.8 Å². The van der Waals surface area contributed by atoms with E-state index >= 15 is 8.78 Å². The van der Waals surface area contributed by atoms with Crippen LogP contribution in [0.1, 0.15) is 25.1 Å². The van der Waals surface area contributed by atoms with E-state index in [1.54, 1.807) is 23.4 Å². The molecule has 2 fully saturated rings. The fraction of sp³-hybridized carbons (Fsp3) is 0.458. The molecule has 1 N–H and O–H groups in total. The predicted octanol–water partition coefficient (Wildman–Crippen LogP) is 2.62. The number of carbonyl (C=O) groups is 2. The molecule has 2 aromatic rings. The normalized spacial score (nSPS) is 18.0. The molecular weight excluding hydrogens is 506 g/mol. The molecule has 1 aromatic heterocycles. The van der Waals surface area contributed by atoms with Crippen molar-refractivity contribution in [1.29, 1.82) is 0 Å². The van der Waals surface area contributed by atoms with Crippen molar-refractivity contribution in [3.05, 3.63) is 48.1 Å².